The van der Waals surface area contributed by atoms with Crippen LogP contribution in [0.4, 0.5) is 0 Å². The van der Waals surface area contributed by atoms with Crippen LogP contribution < -0.4 is 14.8 Å². The summed E-state index contributed by atoms with van der Waals surface area (Å²) in [4.78, 5) is 23.8. The number of likely N-dealkylation sites (N-methyl/N-ethyl adjacent to an activating group) is 1. The van der Waals surface area contributed by atoms with Crippen molar-refractivity contribution < 1.29 is 80.0 Å². The van der Waals surface area contributed by atoms with Crippen LogP contribution in [0.2, 0.25) is 0 Å². The first-order valence-electron chi connectivity index (χ1n) is 13.6. The third-order valence-electron chi connectivity index (χ3n) is 7.04. The van der Waals surface area contributed by atoms with Gasteiger partial charge in [0.15, 0.2) is 11.9 Å². The van der Waals surface area contributed by atoms with Gasteiger partial charge in [0, 0.05) is 18.7 Å². The number of hydrogen-bond acceptors (Lipinski definition) is 16. The Morgan fingerprint density at radius 1 is 0.978 bits per heavy atom. The number of carbonyl (C=O) groups is 2. The van der Waals surface area contributed by atoms with Crippen LogP contribution in [0.15, 0.2) is 36.4 Å². The number of carboxylic acid groups (broad SMARTS) is 1. The summed E-state index contributed by atoms with van der Waals surface area (Å²) < 4.78 is 16.3. The predicted octanol–water partition coefficient (Wildman–Crippen LogP) is -3.28. The van der Waals surface area contributed by atoms with Gasteiger partial charge in [0.1, 0.15) is 71.3 Å². The van der Waals surface area contributed by atoms with Crippen LogP contribution in [0.3, 0.4) is 0 Å². The van der Waals surface area contributed by atoms with Gasteiger partial charge in [0.05, 0.1) is 19.1 Å². The topological polar surface area (TPSA) is 296 Å². The molecule has 2 aliphatic heterocycles. The summed E-state index contributed by atoms with van der Waals surface area (Å²) in [6, 6.07) is 8.37. The van der Waals surface area contributed by atoms with Gasteiger partial charge in [-0.3, -0.25) is 4.79 Å². The zero-order valence-corrected chi connectivity index (χ0v) is 23.8. The summed E-state index contributed by atoms with van der Waals surface area (Å²) in [6.07, 6.45) is -15.5. The fourth-order valence-corrected chi connectivity index (χ4v) is 4.53. The molecule has 1 saturated heterocycles. The normalized spacial score (nSPS) is 27.1. The highest BCUT2D eigenvalue weighted by atomic mass is 16.7. The first kappa shape index (κ1) is 35.9. The number of ketones is 1. The number of phenols is 2. The molecule has 0 aliphatic carbocycles. The van der Waals surface area contributed by atoms with Gasteiger partial charge >= 0.3 is 5.97 Å². The van der Waals surface area contributed by atoms with E-state index in [9.17, 15) is 40.2 Å². The Balaban J connectivity index is 0.000000360. The summed E-state index contributed by atoms with van der Waals surface area (Å²) in [5.74, 6) is -2.55. The number of Topliss-reactive ketones (excluding diaryl/α,β-unsaturated/α-hetero) is 1. The largest absolute Gasteiger partial charge is 0.508 e. The second-order valence-electron chi connectivity index (χ2n) is 10.3. The SMILES string of the molecule is CNCC(O)C(O)C(O)C(O)CO.O=C1CC(c2ccc(O)cc2)Oc2cc(O[C@@H]3O[C@H](C(=O)O)[C@@H](O)[C@H](O)[C@H]3O)cc(O)c21. The molecule has 10 atom stereocenters. The smallest absolute Gasteiger partial charge is 0.335 e. The number of carboxylic acids is 1. The fraction of sp³-hybridized carbons (Fsp3) is 0.500. The molecule has 0 amide bonds. The molecule has 2 aromatic carbocycles. The van der Waals surface area contributed by atoms with Gasteiger partial charge in [-0.05, 0) is 24.7 Å². The first-order valence-corrected chi connectivity index (χ1v) is 13.6. The van der Waals surface area contributed by atoms with Crippen LogP contribution in [-0.2, 0) is 9.53 Å². The molecule has 12 N–H and O–H groups in total. The number of fused-ring (bicyclic) bond motifs is 1. The second kappa shape index (κ2) is 15.6. The fourth-order valence-electron chi connectivity index (χ4n) is 4.53. The Bertz CT molecular complexity index is 1290. The number of rotatable bonds is 10. The predicted molar refractivity (Wildman–Crippen MR) is 149 cm³/mol. The number of nitrogens with one attached hydrogen (secondary N) is 1. The van der Waals surface area contributed by atoms with Crippen LogP contribution >= 0.6 is 0 Å². The van der Waals surface area contributed by atoms with Gasteiger partial charge < -0.3 is 75.7 Å². The van der Waals surface area contributed by atoms with Crippen molar-refractivity contribution in [2.24, 2.45) is 0 Å². The molecule has 0 radical (unpaired) electrons. The molecular weight excluding hydrogens is 606 g/mol. The molecule has 5 unspecified atom stereocenters. The van der Waals surface area contributed by atoms with E-state index in [0.717, 1.165) is 6.07 Å². The number of carbonyl (C=O) groups excluding carboxylic acids is 1. The maximum Gasteiger partial charge on any atom is 0.335 e. The van der Waals surface area contributed by atoms with Crippen LogP contribution in [0, 0.1) is 0 Å². The quantitative estimate of drug-likeness (QED) is 0.121. The molecule has 2 heterocycles. The van der Waals surface area contributed by atoms with E-state index in [4.69, 9.17) is 39.7 Å². The average Bonchev–Trinajstić information content (AvgIpc) is 3.00. The Morgan fingerprint density at radius 2 is 1.60 bits per heavy atom. The average molecular weight is 644 g/mol. The number of aliphatic carboxylic acids is 1. The minimum Gasteiger partial charge on any atom is -0.508 e. The lowest BCUT2D eigenvalue weighted by Gasteiger charge is -2.38. The Morgan fingerprint density at radius 3 is 2.18 bits per heavy atom. The highest BCUT2D eigenvalue weighted by Crippen LogP contribution is 2.42. The zero-order chi connectivity index (χ0) is 33.6. The van der Waals surface area contributed by atoms with Gasteiger partial charge in [0.25, 0.3) is 0 Å². The van der Waals surface area contributed by atoms with Crippen molar-refractivity contribution in [3.05, 3.63) is 47.5 Å². The lowest BCUT2D eigenvalue weighted by molar-refractivity contribution is -0.271. The van der Waals surface area contributed by atoms with Gasteiger partial charge in [-0.2, -0.15) is 0 Å². The molecule has 250 valence electrons. The summed E-state index contributed by atoms with van der Waals surface area (Å²) in [5, 5.41) is 106. The minimum absolute atomic E-state index is 0.0185. The van der Waals surface area contributed by atoms with E-state index in [-0.39, 0.29) is 35.8 Å². The number of aliphatic hydroxyl groups excluding tert-OH is 8. The van der Waals surface area contributed by atoms with Gasteiger partial charge in [-0.25, -0.2) is 4.79 Å². The summed E-state index contributed by atoms with van der Waals surface area (Å²) in [7, 11) is 1.57. The van der Waals surface area contributed by atoms with E-state index >= 15 is 0 Å². The standard InChI is InChI=1S/C21H20O11.C7H17NO5/c22-9-3-1-8(2-4-9)13-7-12(24)15-11(23)5-10(6-14(15)31-13)30-21-18(27)16(25)17(26)19(32-21)20(28)29;1-8-2-4(10)6(12)7(13)5(11)3-9/h1-6,13,16-19,21-23,25-27H,7H2,(H,28,29);4-13H,2-3H2,1H3/t13?,16-,17-,18+,19-,21+;/m0./s1. The van der Waals surface area contributed by atoms with Crippen molar-refractivity contribution in [1.29, 1.82) is 0 Å². The molecule has 0 spiro atoms. The zero-order valence-electron chi connectivity index (χ0n) is 23.8. The van der Waals surface area contributed by atoms with Crippen molar-refractivity contribution in [3.63, 3.8) is 0 Å². The molecule has 2 aromatic rings. The van der Waals surface area contributed by atoms with Gasteiger partial charge in [-0.15, -0.1) is 0 Å². The van der Waals surface area contributed by atoms with Crippen molar-refractivity contribution >= 4 is 11.8 Å². The first-order chi connectivity index (χ1) is 21.2. The molecule has 0 aromatic heterocycles. The van der Waals surface area contributed by atoms with E-state index < -0.39 is 85.3 Å². The number of aliphatic hydroxyl groups is 8. The molecule has 17 nitrogen and oxygen atoms in total. The molecule has 1 fully saturated rings. The highest BCUT2D eigenvalue weighted by molar-refractivity contribution is 6.02. The van der Waals surface area contributed by atoms with Crippen LogP contribution in [-0.4, -0.2) is 143 Å². The van der Waals surface area contributed by atoms with Crippen LogP contribution in [0.1, 0.15) is 28.4 Å². The Hall–Kier alpha value is -3.62. The minimum atomic E-state index is -1.88. The number of ether oxygens (including phenoxy) is 3. The molecule has 17 heteroatoms. The van der Waals surface area contributed by atoms with Crippen LogP contribution in [0.5, 0.6) is 23.0 Å². The van der Waals surface area contributed by atoms with Crippen LogP contribution in [0.25, 0.3) is 0 Å². The summed E-state index contributed by atoms with van der Waals surface area (Å²) in [6.45, 7) is -0.569. The number of benzene rings is 2. The number of aromatic hydroxyl groups is 2. The maximum absolute atomic E-state index is 12.6. The van der Waals surface area contributed by atoms with Crippen molar-refractivity contribution in [2.45, 2.75) is 67.6 Å². The number of phenolic OH excluding ortho intramolecular Hbond substituents is 2. The lowest BCUT2D eigenvalue weighted by Crippen LogP contribution is -2.61. The van der Waals surface area contributed by atoms with E-state index in [2.05, 4.69) is 5.32 Å². The van der Waals surface area contributed by atoms with Crippen molar-refractivity contribution in [2.75, 3.05) is 20.2 Å². The monoisotopic (exact) mass is 643 g/mol. The third kappa shape index (κ3) is 8.56. The van der Waals surface area contributed by atoms with E-state index in [0.29, 0.717) is 5.56 Å². The molecule has 2 aliphatic rings. The maximum atomic E-state index is 12.6. The third-order valence-corrected chi connectivity index (χ3v) is 7.04. The lowest BCUT2D eigenvalue weighted by atomic mass is 9.95. The van der Waals surface area contributed by atoms with E-state index in [1.54, 1.807) is 19.2 Å². The molecule has 45 heavy (non-hydrogen) atoms. The molecule has 0 saturated carbocycles. The van der Waals surface area contributed by atoms with E-state index in [1.807, 2.05) is 0 Å². The summed E-state index contributed by atoms with van der Waals surface area (Å²) in [5.41, 5.74) is 0.538. The molecular formula is C28H37NO16. The second-order valence-corrected chi connectivity index (χ2v) is 10.3. The van der Waals surface area contributed by atoms with Crippen molar-refractivity contribution in [3.8, 4) is 23.0 Å². The Kier molecular flexibility index (Phi) is 12.4. The Labute approximate surface area is 255 Å². The molecule has 0 bridgehead atoms. The van der Waals surface area contributed by atoms with Gasteiger partial charge in [-0.1, -0.05) is 12.1 Å². The molecule has 4 rings (SSSR count). The highest BCUT2D eigenvalue weighted by Gasteiger charge is 2.48. The summed E-state index contributed by atoms with van der Waals surface area (Å²) >= 11 is 0. The van der Waals surface area contributed by atoms with E-state index in [1.165, 1.54) is 18.2 Å². The van der Waals surface area contributed by atoms with Gasteiger partial charge in [0.2, 0.25) is 6.29 Å². The number of hydrogen-bond donors (Lipinski definition) is 12. The van der Waals surface area contributed by atoms with Crippen molar-refractivity contribution in [1.82, 2.24) is 5.32 Å².